The van der Waals surface area contributed by atoms with Crippen molar-refractivity contribution in [2.24, 2.45) is 4.99 Å². The van der Waals surface area contributed by atoms with Gasteiger partial charge in [0.25, 0.3) is 0 Å². The van der Waals surface area contributed by atoms with Crippen molar-refractivity contribution in [3.8, 4) is 0 Å². The van der Waals surface area contributed by atoms with Crippen molar-refractivity contribution in [3.63, 3.8) is 0 Å². The molecular formula is C8H11FN4O3S. The van der Waals surface area contributed by atoms with E-state index < -0.39 is 27.3 Å². The van der Waals surface area contributed by atoms with Crippen LogP contribution in [0.4, 0.5) is 10.2 Å². The van der Waals surface area contributed by atoms with E-state index >= 15 is 0 Å². The Bertz CT molecular complexity index is 606. The van der Waals surface area contributed by atoms with E-state index in [-0.39, 0.29) is 3.97 Å². The minimum atomic E-state index is -3.86. The van der Waals surface area contributed by atoms with E-state index in [0.717, 1.165) is 6.26 Å². The van der Waals surface area contributed by atoms with Crippen molar-refractivity contribution in [1.29, 1.82) is 0 Å². The van der Waals surface area contributed by atoms with E-state index in [4.69, 9.17) is 0 Å². The van der Waals surface area contributed by atoms with Crippen LogP contribution in [-0.4, -0.2) is 49.0 Å². The maximum absolute atomic E-state index is 13.4. The molecule has 0 unspecified atom stereocenters. The minimum absolute atomic E-state index is 0.219. The normalized spacial score (nSPS) is 12.0. The summed E-state index contributed by atoms with van der Waals surface area (Å²) in [6.07, 6.45) is 2.57. The lowest BCUT2D eigenvalue weighted by molar-refractivity contribution is 0.575. The standard InChI is InChI=1S/C8H11FN4O3S/c1-12(2)5-10-7-6(9)4-13(8(14)11-7)17(3,15)16/h4-5H,1-3H3. The second kappa shape index (κ2) is 4.62. The number of aliphatic imine (C=N–C) groups is 1. The van der Waals surface area contributed by atoms with Crippen LogP contribution in [0.1, 0.15) is 0 Å². The van der Waals surface area contributed by atoms with Crippen LogP contribution in [0.15, 0.2) is 16.0 Å². The molecule has 0 aromatic carbocycles. The molecule has 0 saturated carbocycles. The average Bonchev–Trinajstić information content (AvgIpc) is 2.17. The van der Waals surface area contributed by atoms with Crippen molar-refractivity contribution >= 4 is 22.2 Å². The largest absolute Gasteiger partial charge is 0.369 e. The van der Waals surface area contributed by atoms with Crippen LogP contribution in [0.25, 0.3) is 0 Å². The lowest BCUT2D eigenvalue weighted by atomic mass is 10.6. The fraction of sp³-hybridized carbons (Fsp3) is 0.375. The Morgan fingerprint density at radius 2 is 2.12 bits per heavy atom. The first-order chi connectivity index (χ1) is 7.71. The average molecular weight is 262 g/mol. The molecule has 17 heavy (non-hydrogen) atoms. The summed E-state index contributed by atoms with van der Waals surface area (Å²) in [5.41, 5.74) is -1.10. The van der Waals surface area contributed by atoms with Crippen molar-refractivity contribution in [2.45, 2.75) is 0 Å². The van der Waals surface area contributed by atoms with Gasteiger partial charge >= 0.3 is 5.69 Å². The highest BCUT2D eigenvalue weighted by Crippen LogP contribution is 2.10. The van der Waals surface area contributed by atoms with Gasteiger partial charge in [0.2, 0.25) is 10.0 Å². The Hall–Kier alpha value is -1.77. The highest BCUT2D eigenvalue weighted by molar-refractivity contribution is 7.89. The topological polar surface area (TPSA) is 84.6 Å². The third kappa shape index (κ3) is 3.34. The van der Waals surface area contributed by atoms with Crippen molar-refractivity contribution in [3.05, 3.63) is 22.5 Å². The molecule has 0 fully saturated rings. The second-order valence-corrected chi connectivity index (χ2v) is 5.32. The van der Waals surface area contributed by atoms with Crippen LogP contribution >= 0.6 is 0 Å². The monoisotopic (exact) mass is 262 g/mol. The quantitative estimate of drug-likeness (QED) is 0.537. The maximum atomic E-state index is 13.4. The van der Waals surface area contributed by atoms with Crippen LogP contribution in [0.3, 0.4) is 0 Å². The van der Waals surface area contributed by atoms with Gasteiger partial charge in [0.15, 0.2) is 11.6 Å². The van der Waals surface area contributed by atoms with Gasteiger partial charge in [0, 0.05) is 14.1 Å². The first-order valence-electron chi connectivity index (χ1n) is 4.42. The van der Waals surface area contributed by atoms with Gasteiger partial charge < -0.3 is 4.90 Å². The fourth-order valence-corrected chi connectivity index (χ4v) is 1.52. The van der Waals surface area contributed by atoms with Crippen LogP contribution in [-0.2, 0) is 10.0 Å². The number of halogens is 1. The molecule has 1 aromatic heterocycles. The molecule has 0 spiro atoms. The third-order valence-electron chi connectivity index (χ3n) is 1.60. The maximum Gasteiger partial charge on any atom is 0.363 e. The molecule has 7 nitrogen and oxygen atoms in total. The van der Waals surface area contributed by atoms with E-state index in [0.29, 0.717) is 6.20 Å². The van der Waals surface area contributed by atoms with Crippen molar-refractivity contribution in [2.75, 3.05) is 20.4 Å². The number of rotatable bonds is 3. The molecule has 9 heteroatoms. The molecule has 0 N–H and O–H groups in total. The van der Waals surface area contributed by atoms with Crippen molar-refractivity contribution < 1.29 is 12.8 Å². The molecular weight excluding hydrogens is 251 g/mol. The van der Waals surface area contributed by atoms with Gasteiger partial charge in [-0.3, -0.25) is 0 Å². The number of aromatic nitrogens is 2. The van der Waals surface area contributed by atoms with Crippen LogP contribution < -0.4 is 5.69 Å². The molecule has 0 saturated heterocycles. The first-order valence-corrected chi connectivity index (χ1v) is 6.27. The summed E-state index contributed by atoms with van der Waals surface area (Å²) in [6.45, 7) is 0. The summed E-state index contributed by atoms with van der Waals surface area (Å²) in [6, 6.07) is 0. The Labute approximate surface area is 97.3 Å². The zero-order valence-corrected chi connectivity index (χ0v) is 10.3. The summed E-state index contributed by atoms with van der Waals surface area (Å²) in [4.78, 5) is 19.7. The predicted molar refractivity (Wildman–Crippen MR) is 60.5 cm³/mol. The van der Waals surface area contributed by atoms with E-state index in [9.17, 15) is 17.6 Å². The zero-order chi connectivity index (χ0) is 13.2. The lowest BCUT2D eigenvalue weighted by Gasteiger charge is -2.04. The molecule has 0 aliphatic heterocycles. The highest BCUT2D eigenvalue weighted by atomic mass is 32.2. The molecule has 0 amide bonds. The molecule has 1 rings (SSSR count). The van der Waals surface area contributed by atoms with Gasteiger partial charge in [-0.05, 0) is 0 Å². The lowest BCUT2D eigenvalue weighted by Crippen LogP contribution is -2.28. The second-order valence-electron chi connectivity index (χ2n) is 3.46. The molecule has 0 aliphatic carbocycles. The molecule has 0 bridgehead atoms. The molecule has 94 valence electrons. The van der Waals surface area contributed by atoms with Gasteiger partial charge in [-0.25, -0.2) is 22.6 Å². The summed E-state index contributed by atoms with van der Waals surface area (Å²) in [5.74, 6) is -1.45. The molecule has 1 heterocycles. The van der Waals surface area contributed by atoms with Gasteiger partial charge in [0.1, 0.15) is 0 Å². The summed E-state index contributed by atoms with van der Waals surface area (Å²) in [7, 11) is -0.561. The van der Waals surface area contributed by atoms with Crippen molar-refractivity contribution in [1.82, 2.24) is 13.9 Å². The summed E-state index contributed by atoms with van der Waals surface area (Å²) in [5, 5.41) is 0. The van der Waals surface area contributed by atoms with Crippen LogP contribution in [0.5, 0.6) is 0 Å². The third-order valence-corrected chi connectivity index (χ3v) is 2.58. The summed E-state index contributed by atoms with van der Waals surface area (Å²) < 4.78 is 35.8. The van der Waals surface area contributed by atoms with E-state index in [1.165, 1.54) is 11.2 Å². The van der Waals surface area contributed by atoms with Gasteiger partial charge in [0.05, 0.1) is 18.8 Å². The number of hydrogen-bond acceptors (Lipinski definition) is 5. The van der Waals surface area contributed by atoms with E-state index in [2.05, 4.69) is 9.98 Å². The van der Waals surface area contributed by atoms with E-state index in [1.807, 2.05) is 0 Å². The van der Waals surface area contributed by atoms with Gasteiger partial charge in [-0.15, -0.1) is 0 Å². The van der Waals surface area contributed by atoms with Crippen LogP contribution in [0.2, 0.25) is 0 Å². The number of hydrogen-bond donors (Lipinski definition) is 0. The zero-order valence-electron chi connectivity index (χ0n) is 9.45. The SMILES string of the molecule is CN(C)C=Nc1nc(=O)n(S(C)(=O)=O)cc1F. The van der Waals surface area contributed by atoms with Gasteiger partial charge in [-0.1, -0.05) is 0 Å². The fourth-order valence-electron chi connectivity index (χ4n) is 0.907. The minimum Gasteiger partial charge on any atom is -0.369 e. The molecule has 0 radical (unpaired) electrons. The first kappa shape index (κ1) is 13.3. The summed E-state index contributed by atoms with van der Waals surface area (Å²) >= 11 is 0. The Kier molecular flexibility index (Phi) is 3.61. The van der Waals surface area contributed by atoms with Crippen LogP contribution in [0, 0.1) is 5.82 Å². The highest BCUT2D eigenvalue weighted by Gasteiger charge is 2.13. The Balaban J connectivity index is 3.34. The van der Waals surface area contributed by atoms with Gasteiger partial charge in [-0.2, -0.15) is 8.96 Å². The predicted octanol–water partition coefficient (Wildman–Crippen LogP) is -0.589. The van der Waals surface area contributed by atoms with E-state index in [1.54, 1.807) is 14.1 Å². The smallest absolute Gasteiger partial charge is 0.363 e. The Morgan fingerprint density at radius 3 is 2.59 bits per heavy atom. The Morgan fingerprint density at radius 1 is 1.53 bits per heavy atom. The molecule has 0 atom stereocenters. The number of nitrogens with zero attached hydrogens (tertiary/aromatic N) is 4. The molecule has 0 aliphatic rings. The molecule has 1 aromatic rings.